The second-order valence-corrected chi connectivity index (χ2v) is 9.04. The second kappa shape index (κ2) is 13.3. The van der Waals surface area contributed by atoms with Crippen molar-refractivity contribution in [1.29, 1.82) is 0 Å². The molecular weight excluding hydrogens is 414 g/mol. The Kier molecular flexibility index (Phi) is 10.2. The highest BCUT2D eigenvalue weighted by atomic mass is 19.2. The van der Waals surface area contributed by atoms with Crippen LogP contribution in [0.5, 0.6) is 5.75 Å². The molecule has 0 aliphatic heterocycles. The van der Waals surface area contributed by atoms with Crippen molar-refractivity contribution >= 4 is 0 Å². The van der Waals surface area contributed by atoms with Crippen LogP contribution in [-0.4, -0.2) is 6.61 Å². The highest BCUT2D eigenvalue weighted by molar-refractivity contribution is 5.65. The predicted molar refractivity (Wildman–Crippen MR) is 135 cm³/mol. The Hall–Kier alpha value is -2.42. The number of unbranched alkanes of at least 4 members (excludes halogenated alkanes) is 3. The molecule has 1 nitrogen and oxygen atoms in total. The molecule has 1 unspecified atom stereocenters. The van der Waals surface area contributed by atoms with Gasteiger partial charge in [-0.1, -0.05) is 74.3 Å². The molecule has 0 bridgehead atoms. The molecule has 0 saturated heterocycles. The number of benzene rings is 2. The van der Waals surface area contributed by atoms with E-state index in [-0.39, 0.29) is 11.3 Å². The topological polar surface area (TPSA) is 9.23 Å². The lowest BCUT2D eigenvalue weighted by molar-refractivity contribution is 0.314. The normalized spacial score (nSPS) is 16.2. The maximum Gasteiger partial charge on any atom is 0.201 e. The van der Waals surface area contributed by atoms with Crippen LogP contribution in [0.2, 0.25) is 0 Å². The summed E-state index contributed by atoms with van der Waals surface area (Å²) in [6, 6.07) is 10.8. The molecule has 2 aromatic rings. The van der Waals surface area contributed by atoms with Crippen molar-refractivity contribution in [3.8, 4) is 16.9 Å². The van der Waals surface area contributed by atoms with E-state index in [1.165, 1.54) is 63.0 Å². The Morgan fingerprint density at radius 3 is 2.45 bits per heavy atom. The highest BCUT2D eigenvalue weighted by Gasteiger charge is 2.15. The number of hydrogen-bond donors (Lipinski definition) is 0. The molecule has 33 heavy (non-hydrogen) atoms. The van der Waals surface area contributed by atoms with Crippen LogP contribution in [0.15, 0.2) is 60.2 Å². The van der Waals surface area contributed by atoms with E-state index in [9.17, 15) is 8.78 Å². The lowest BCUT2D eigenvalue weighted by Gasteiger charge is -2.19. The Labute approximate surface area is 198 Å². The van der Waals surface area contributed by atoms with E-state index in [1.807, 2.05) is 24.3 Å². The van der Waals surface area contributed by atoms with Gasteiger partial charge in [-0.25, -0.2) is 4.39 Å². The van der Waals surface area contributed by atoms with Crippen LogP contribution in [0, 0.1) is 17.6 Å². The van der Waals surface area contributed by atoms with Crippen LogP contribution in [0.1, 0.15) is 77.2 Å². The van der Waals surface area contributed by atoms with Gasteiger partial charge in [-0.05, 0) is 81.0 Å². The third-order valence-corrected chi connectivity index (χ3v) is 6.52. The van der Waals surface area contributed by atoms with Gasteiger partial charge >= 0.3 is 0 Å². The van der Waals surface area contributed by atoms with Crippen molar-refractivity contribution in [2.45, 2.75) is 78.1 Å². The molecule has 178 valence electrons. The lowest BCUT2D eigenvalue weighted by Crippen LogP contribution is -2.03. The largest absolute Gasteiger partial charge is 0.491 e. The van der Waals surface area contributed by atoms with Gasteiger partial charge in [0.25, 0.3) is 0 Å². The summed E-state index contributed by atoms with van der Waals surface area (Å²) in [5, 5.41) is 0. The van der Waals surface area contributed by atoms with Gasteiger partial charge in [0.15, 0.2) is 11.6 Å². The van der Waals surface area contributed by atoms with Gasteiger partial charge in [0.05, 0.1) is 6.61 Å². The van der Waals surface area contributed by atoms with Gasteiger partial charge in [0, 0.05) is 5.56 Å². The minimum atomic E-state index is -0.926. The van der Waals surface area contributed by atoms with E-state index in [1.54, 1.807) is 18.6 Å². The van der Waals surface area contributed by atoms with Crippen LogP contribution in [0.25, 0.3) is 11.1 Å². The van der Waals surface area contributed by atoms with E-state index in [4.69, 9.17) is 4.74 Å². The maximum atomic E-state index is 14.4. The van der Waals surface area contributed by atoms with Gasteiger partial charge in [-0.15, -0.1) is 0 Å². The zero-order valence-electron chi connectivity index (χ0n) is 20.2. The summed E-state index contributed by atoms with van der Waals surface area (Å²) in [7, 11) is 0. The lowest BCUT2D eigenvalue weighted by atomic mass is 9.87. The van der Waals surface area contributed by atoms with Crippen molar-refractivity contribution in [1.82, 2.24) is 0 Å². The summed E-state index contributed by atoms with van der Waals surface area (Å²) in [6.07, 6.45) is 19.5. The van der Waals surface area contributed by atoms with Crippen LogP contribution in [0.4, 0.5) is 8.78 Å². The molecule has 0 fully saturated rings. The zero-order chi connectivity index (χ0) is 23.5. The third-order valence-electron chi connectivity index (χ3n) is 6.52. The number of rotatable bonds is 12. The molecule has 0 N–H and O–H groups in total. The van der Waals surface area contributed by atoms with E-state index >= 15 is 0 Å². The fourth-order valence-corrected chi connectivity index (χ4v) is 4.50. The first-order valence-electron chi connectivity index (χ1n) is 12.7. The summed E-state index contributed by atoms with van der Waals surface area (Å²) in [5.74, 6) is -1.16. The Balaban J connectivity index is 1.45. The van der Waals surface area contributed by atoms with Gasteiger partial charge in [-0.3, -0.25) is 0 Å². The quantitative estimate of drug-likeness (QED) is 0.230. The Bertz CT molecular complexity index is 927. The molecule has 0 heterocycles. The van der Waals surface area contributed by atoms with Crippen molar-refractivity contribution in [2.75, 3.05) is 6.61 Å². The monoisotopic (exact) mass is 452 g/mol. The maximum absolute atomic E-state index is 14.4. The molecule has 0 aromatic heterocycles. The molecular formula is C30H38F2O. The first-order valence-corrected chi connectivity index (χ1v) is 12.7. The Morgan fingerprint density at radius 1 is 0.939 bits per heavy atom. The molecule has 2 aromatic carbocycles. The number of aryl methyl sites for hydroxylation is 1. The number of allylic oxidation sites excluding steroid dienone is 4. The SMILES string of the molecule is CCCCCCC1=CCC(/C=C/CCc2ccc(-c3ccc(OCC)c(F)c3F)cc2)CC1. The van der Waals surface area contributed by atoms with Crippen molar-refractivity contribution < 1.29 is 13.5 Å². The van der Waals surface area contributed by atoms with Gasteiger partial charge in [-0.2, -0.15) is 4.39 Å². The van der Waals surface area contributed by atoms with Crippen LogP contribution < -0.4 is 4.74 Å². The van der Waals surface area contributed by atoms with E-state index in [0.717, 1.165) is 12.8 Å². The molecule has 0 amide bonds. The first-order chi connectivity index (χ1) is 16.1. The van der Waals surface area contributed by atoms with Crippen molar-refractivity contribution in [3.63, 3.8) is 0 Å². The summed E-state index contributed by atoms with van der Waals surface area (Å²) in [6.45, 7) is 4.31. The van der Waals surface area contributed by atoms with Gasteiger partial charge in [0.2, 0.25) is 5.82 Å². The molecule has 0 radical (unpaired) electrons. The molecule has 1 aliphatic carbocycles. The average molecular weight is 453 g/mol. The first kappa shape index (κ1) is 25.2. The molecule has 3 heteroatoms. The minimum Gasteiger partial charge on any atom is -0.491 e. The zero-order valence-corrected chi connectivity index (χ0v) is 20.2. The van der Waals surface area contributed by atoms with Gasteiger partial charge in [0.1, 0.15) is 0 Å². The smallest absolute Gasteiger partial charge is 0.201 e. The highest BCUT2D eigenvalue weighted by Crippen LogP contribution is 2.30. The summed E-state index contributed by atoms with van der Waals surface area (Å²) >= 11 is 0. The van der Waals surface area contributed by atoms with E-state index in [2.05, 4.69) is 25.2 Å². The van der Waals surface area contributed by atoms with E-state index < -0.39 is 11.6 Å². The standard InChI is InChI=1S/C30H38F2O/c1-3-5-6-7-10-23-13-15-24(16-14-23)11-8-9-12-25-17-19-26(20-18-25)27-21-22-28(33-4-2)30(32)29(27)31/h8,11,13,17-22,24H,3-7,9-10,12,14-16H2,1-2H3/b11-8+. The predicted octanol–water partition coefficient (Wildman–Crippen LogP) is 9.22. The minimum absolute atomic E-state index is 0.0428. The molecule has 1 aliphatic rings. The van der Waals surface area contributed by atoms with Gasteiger partial charge < -0.3 is 4.74 Å². The number of ether oxygens (including phenoxy) is 1. The molecule has 0 saturated carbocycles. The summed E-state index contributed by atoms with van der Waals surface area (Å²) in [4.78, 5) is 0. The summed E-state index contributed by atoms with van der Waals surface area (Å²) in [5.41, 5.74) is 3.80. The number of halogens is 2. The fourth-order valence-electron chi connectivity index (χ4n) is 4.50. The third kappa shape index (κ3) is 7.55. The van der Waals surface area contributed by atoms with Crippen molar-refractivity contribution in [2.24, 2.45) is 5.92 Å². The second-order valence-electron chi connectivity index (χ2n) is 9.04. The molecule has 3 rings (SSSR count). The summed E-state index contributed by atoms with van der Waals surface area (Å²) < 4.78 is 33.7. The van der Waals surface area contributed by atoms with Crippen LogP contribution >= 0.6 is 0 Å². The van der Waals surface area contributed by atoms with Crippen LogP contribution in [-0.2, 0) is 6.42 Å². The average Bonchev–Trinajstić information content (AvgIpc) is 2.84. The molecule has 0 spiro atoms. The fraction of sp³-hybridized carbons (Fsp3) is 0.467. The van der Waals surface area contributed by atoms with Crippen LogP contribution in [0.3, 0.4) is 0 Å². The van der Waals surface area contributed by atoms with Crippen molar-refractivity contribution in [3.05, 3.63) is 77.4 Å². The Morgan fingerprint density at radius 2 is 1.76 bits per heavy atom. The van der Waals surface area contributed by atoms with E-state index in [0.29, 0.717) is 18.1 Å². The number of hydrogen-bond acceptors (Lipinski definition) is 1. The molecule has 1 atom stereocenters.